The summed E-state index contributed by atoms with van der Waals surface area (Å²) in [6.45, 7) is 12.9. The molecule has 0 aliphatic carbocycles. The molecule has 0 saturated carbocycles. The van der Waals surface area contributed by atoms with Gasteiger partial charge in [-0.2, -0.15) is 0 Å². The maximum atomic E-state index is 13.7. The normalized spacial score (nSPS) is 22.3. The molecular weight excluding hydrogens is 337 g/mol. The zero-order valence-corrected chi connectivity index (χ0v) is 16.9. The fourth-order valence-corrected chi connectivity index (χ4v) is 4.16. The average Bonchev–Trinajstić information content (AvgIpc) is 2.86. The summed E-state index contributed by atoms with van der Waals surface area (Å²) in [6.07, 6.45) is 0. The van der Waals surface area contributed by atoms with E-state index in [4.69, 9.17) is 9.53 Å². The molecule has 1 aromatic carbocycles. The number of likely N-dealkylation sites (tertiary alicyclic amines) is 1. The van der Waals surface area contributed by atoms with Crippen molar-refractivity contribution in [3.63, 3.8) is 0 Å². The zero-order valence-electron chi connectivity index (χ0n) is 15.9. The number of hydrogen-bond acceptors (Lipinski definition) is 3. The molecule has 1 fully saturated rings. The van der Waals surface area contributed by atoms with Gasteiger partial charge in [-0.15, -0.1) is 0 Å². The third kappa shape index (κ3) is 5.12. The topological polar surface area (TPSA) is 49.8 Å². The molecule has 0 spiro atoms. The van der Waals surface area contributed by atoms with E-state index in [1.165, 1.54) is 6.07 Å². The van der Waals surface area contributed by atoms with Gasteiger partial charge in [0, 0.05) is 31.5 Å². The highest BCUT2D eigenvalue weighted by Crippen LogP contribution is 2.39. The van der Waals surface area contributed by atoms with Crippen LogP contribution in [0.25, 0.3) is 0 Å². The van der Waals surface area contributed by atoms with Crippen LogP contribution in [0.1, 0.15) is 32.3 Å². The summed E-state index contributed by atoms with van der Waals surface area (Å²) in [5.41, 5.74) is 0.928. The van der Waals surface area contributed by atoms with E-state index in [0.29, 0.717) is 19.7 Å². The minimum Gasteiger partial charge on any atom is -0.480 e. The summed E-state index contributed by atoms with van der Waals surface area (Å²) in [4.78, 5) is 13.0. The van der Waals surface area contributed by atoms with Crippen molar-refractivity contribution in [1.29, 1.82) is 0 Å². The molecule has 1 aromatic rings. The molecule has 25 heavy (non-hydrogen) atoms. The van der Waals surface area contributed by atoms with Crippen LogP contribution in [-0.2, 0) is 9.22 Å². The van der Waals surface area contributed by atoms with Gasteiger partial charge in [-0.25, -0.2) is 4.39 Å². The quantitative estimate of drug-likeness (QED) is 0.774. The number of carboxylic acids is 1. The fraction of sp³-hybridized carbons (Fsp3) is 0.632. The van der Waals surface area contributed by atoms with E-state index in [2.05, 4.69) is 33.9 Å². The third-order valence-corrected chi connectivity index (χ3v) is 10.1. The molecule has 4 nitrogen and oxygen atoms in total. The molecule has 0 amide bonds. The van der Waals surface area contributed by atoms with Crippen molar-refractivity contribution >= 4 is 14.3 Å². The van der Waals surface area contributed by atoms with E-state index in [-0.39, 0.29) is 29.2 Å². The van der Waals surface area contributed by atoms with E-state index in [1.54, 1.807) is 12.1 Å². The van der Waals surface area contributed by atoms with Crippen molar-refractivity contribution in [2.45, 2.75) is 44.8 Å². The van der Waals surface area contributed by atoms with E-state index >= 15 is 0 Å². The van der Waals surface area contributed by atoms with Crippen LogP contribution in [0.3, 0.4) is 0 Å². The molecule has 0 bridgehead atoms. The predicted molar refractivity (Wildman–Crippen MR) is 99.9 cm³/mol. The molecule has 0 radical (unpaired) electrons. The first-order valence-corrected chi connectivity index (χ1v) is 11.7. The Morgan fingerprint density at radius 2 is 2.04 bits per heavy atom. The average molecular weight is 368 g/mol. The van der Waals surface area contributed by atoms with Crippen molar-refractivity contribution in [3.8, 4) is 0 Å². The molecule has 1 heterocycles. The van der Waals surface area contributed by atoms with Crippen LogP contribution in [0.5, 0.6) is 0 Å². The first-order chi connectivity index (χ1) is 11.5. The van der Waals surface area contributed by atoms with Crippen molar-refractivity contribution < 1.29 is 18.7 Å². The van der Waals surface area contributed by atoms with Crippen LogP contribution >= 0.6 is 0 Å². The standard InChI is InChI=1S/C19H30FNO3Si/c1-19(2,3)25(4,5)24-13-15-10-21(12-18(22)23)11-17(15)14-7-6-8-16(20)9-14/h6-9,15,17H,10-13H2,1-5H3,(H,22,23). The van der Waals surface area contributed by atoms with E-state index in [0.717, 1.165) is 5.56 Å². The van der Waals surface area contributed by atoms with Crippen LogP contribution in [-0.4, -0.2) is 50.5 Å². The Morgan fingerprint density at radius 3 is 2.60 bits per heavy atom. The molecule has 140 valence electrons. The Hall–Kier alpha value is -1.24. The second-order valence-electron chi connectivity index (χ2n) is 8.58. The Labute approximate surface area is 151 Å². The number of halogens is 1. The van der Waals surface area contributed by atoms with Gasteiger partial charge in [0.05, 0.1) is 6.54 Å². The van der Waals surface area contributed by atoms with Gasteiger partial charge in [0.2, 0.25) is 0 Å². The second-order valence-corrected chi connectivity index (χ2v) is 13.4. The predicted octanol–water partition coefficient (Wildman–Crippen LogP) is 3.95. The second kappa shape index (κ2) is 7.56. The number of carboxylic acid groups (broad SMARTS) is 1. The minimum absolute atomic E-state index is 0.0163. The lowest BCUT2D eigenvalue weighted by Gasteiger charge is -2.37. The zero-order chi connectivity index (χ0) is 18.8. The maximum absolute atomic E-state index is 13.7. The van der Waals surface area contributed by atoms with Gasteiger partial charge < -0.3 is 9.53 Å². The summed E-state index contributed by atoms with van der Waals surface area (Å²) in [5, 5.41) is 9.23. The smallest absolute Gasteiger partial charge is 0.317 e. The largest absolute Gasteiger partial charge is 0.480 e. The van der Waals surface area contributed by atoms with E-state index in [1.807, 2.05) is 11.0 Å². The summed E-state index contributed by atoms with van der Waals surface area (Å²) in [5.74, 6) is -0.808. The molecule has 1 aliphatic heterocycles. The number of nitrogens with zero attached hydrogens (tertiary/aromatic N) is 1. The van der Waals surface area contributed by atoms with Gasteiger partial charge in [0.25, 0.3) is 0 Å². The van der Waals surface area contributed by atoms with Crippen LogP contribution in [0.2, 0.25) is 18.1 Å². The van der Waals surface area contributed by atoms with Crippen LogP contribution in [0.15, 0.2) is 24.3 Å². The van der Waals surface area contributed by atoms with Crippen molar-refractivity contribution in [3.05, 3.63) is 35.6 Å². The van der Waals surface area contributed by atoms with Gasteiger partial charge in [-0.3, -0.25) is 9.69 Å². The SMILES string of the molecule is CC(C)(C)[Si](C)(C)OCC1CN(CC(=O)O)CC1c1cccc(F)c1. The molecule has 1 aliphatic rings. The van der Waals surface area contributed by atoms with Crippen LogP contribution in [0.4, 0.5) is 4.39 Å². The first-order valence-electron chi connectivity index (χ1n) is 8.83. The Bertz CT molecular complexity index is 615. The van der Waals surface area contributed by atoms with E-state index < -0.39 is 14.3 Å². The highest BCUT2D eigenvalue weighted by atomic mass is 28.4. The first kappa shape index (κ1) is 20.1. The van der Waals surface area contributed by atoms with Crippen LogP contribution in [0, 0.1) is 11.7 Å². The molecule has 6 heteroatoms. The van der Waals surface area contributed by atoms with Crippen molar-refractivity contribution in [1.82, 2.24) is 4.90 Å². The fourth-order valence-electron chi connectivity index (χ4n) is 3.10. The number of hydrogen-bond donors (Lipinski definition) is 1. The Kier molecular flexibility index (Phi) is 6.07. The number of carbonyl (C=O) groups is 1. The summed E-state index contributed by atoms with van der Waals surface area (Å²) >= 11 is 0. The highest BCUT2D eigenvalue weighted by molar-refractivity contribution is 6.74. The molecular formula is C19H30FNO3Si. The maximum Gasteiger partial charge on any atom is 0.317 e. The van der Waals surface area contributed by atoms with E-state index in [9.17, 15) is 9.18 Å². The summed E-state index contributed by atoms with van der Waals surface area (Å²) in [7, 11) is -1.88. The lowest BCUT2D eigenvalue weighted by Crippen LogP contribution is -2.42. The monoisotopic (exact) mass is 367 g/mol. The molecule has 1 saturated heterocycles. The number of aliphatic carboxylic acids is 1. The highest BCUT2D eigenvalue weighted by Gasteiger charge is 2.40. The number of rotatable bonds is 6. The lowest BCUT2D eigenvalue weighted by molar-refractivity contribution is -0.138. The van der Waals surface area contributed by atoms with Crippen molar-refractivity contribution in [2.75, 3.05) is 26.2 Å². The van der Waals surface area contributed by atoms with Gasteiger partial charge >= 0.3 is 5.97 Å². The van der Waals surface area contributed by atoms with Gasteiger partial charge in [-0.1, -0.05) is 32.9 Å². The number of benzene rings is 1. The molecule has 1 N–H and O–H groups in total. The lowest BCUT2D eigenvalue weighted by atomic mass is 9.89. The Morgan fingerprint density at radius 1 is 1.36 bits per heavy atom. The molecule has 2 unspecified atom stereocenters. The molecule has 2 atom stereocenters. The van der Waals surface area contributed by atoms with Crippen molar-refractivity contribution in [2.24, 2.45) is 5.92 Å². The van der Waals surface area contributed by atoms with Gasteiger partial charge in [0.1, 0.15) is 5.82 Å². The third-order valence-electron chi connectivity index (χ3n) is 5.62. The van der Waals surface area contributed by atoms with Gasteiger partial charge in [0.15, 0.2) is 8.32 Å². The summed E-state index contributed by atoms with van der Waals surface area (Å²) in [6, 6.07) is 6.65. The molecule has 0 aromatic heterocycles. The minimum atomic E-state index is -1.88. The van der Waals surface area contributed by atoms with Crippen LogP contribution < -0.4 is 0 Å². The van der Waals surface area contributed by atoms with Gasteiger partial charge in [-0.05, 0) is 35.8 Å². The molecule has 2 rings (SSSR count). The Balaban J connectivity index is 2.15. The summed E-state index contributed by atoms with van der Waals surface area (Å²) < 4.78 is 20.0.